The van der Waals surface area contributed by atoms with E-state index in [4.69, 9.17) is 4.74 Å². The maximum atomic E-state index is 14.2. The molecule has 0 aliphatic heterocycles. The topological polar surface area (TPSA) is 26.0 Å². The molecule has 0 saturated heterocycles. The Balaban J connectivity index is 0.000000378. The second-order valence-electron chi connectivity index (χ2n) is 17.6. The minimum Gasteiger partial charge on any atom is -0.434 e. The molecule has 0 fully saturated rings. The van der Waals surface area contributed by atoms with Crippen LogP contribution in [0, 0.1) is 13.8 Å². The first kappa shape index (κ1) is 60.8. The van der Waals surface area contributed by atoms with Crippen molar-refractivity contribution in [2.24, 2.45) is 0 Å². The molecule has 0 spiro atoms. The van der Waals surface area contributed by atoms with Crippen molar-refractivity contribution in [3.63, 3.8) is 0 Å². The number of halogens is 24. The van der Waals surface area contributed by atoms with Gasteiger partial charge in [-0.05, 0) is 55.3 Å². The Morgan fingerprint density at radius 3 is 0.987 bits per heavy atom. The summed E-state index contributed by atoms with van der Waals surface area (Å²) in [6.07, 6.45) is -49.2. The molecule has 0 N–H and O–H groups in total. The minimum atomic E-state index is -6.13. The number of nitrogens with zero attached hydrogens (tertiary/aromatic N) is 2. The molecular formula is C51H31BF24N2O. The van der Waals surface area contributed by atoms with Gasteiger partial charge in [-0.15, -0.1) is 0 Å². The lowest BCUT2D eigenvalue weighted by Crippen LogP contribution is -2.75. The molecule has 1 heterocycles. The van der Waals surface area contributed by atoms with Gasteiger partial charge >= 0.3 is 49.4 Å². The Morgan fingerprint density at radius 2 is 0.696 bits per heavy atom. The molecule has 0 aliphatic rings. The SMILES string of the molecule is Cc1cccc(Oc2c[n+](Cc3ccccc3)ccn2)c1C.FC(F)(F)c1cc([B-](c2cc(C(F)(F)F)cc(C(F)(F)F)c2)(c2cc(C(F)(F)F)cc(C(F)(F)F)c2)c2cc(C(F)(F)F)cc(C(F)(F)F)c2)cc(C(F)(F)F)c1. The van der Waals surface area contributed by atoms with Gasteiger partial charge < -0.3 is 4.74 Å². The Hall–Kier alpha value is -7.42. The molecule has 0 unspecified atom stereocenters. The van der Waals surface area contributed by atoms with Crippen LogP contribution in [0.5, 0.6) is 11.6 Å². The third kappa shape index (κ3) is 14.3. The molecule has 422 valence electrons. The summed E-state index contributed by atoms with van der Waals surface area (Å²) in [6.45, 7) is 4.94. The predicted octanol–water partition coefficient (Wildman–Crippen LogP) is 15.0. The molecule has 3 nitrogen and oxygen atoms in total. The third-order valence-corrected chi connectivity index (χ3v) is 12.2. The minimum absolute atomic E-state index is 0.604. The van der Waals surface area contributed by atoms with Crippen LogP contribution in [-0.2, 0) is 56.0 Å². The van der Waals surface area contributed by atoms with Crippen molar-refractivity contribution in [2.75, 3.05) is 0 Å². The van der Waals surface area contributed by atoms with Crippen molar-refractivity contribution in [1.29, 1.82) is 0 Å². The van der Waals surface area contributed by atoms with E-state index >= 15 is 0 Å². The number of aryl methyl sites for hydroxylation is 1. The van der Waals surface area contributed by atoms with E-state index in [1.165, 1.54) is 11.1 Å². The molecular weight excluding hydrogens is 1120 g/mol. The summed E-state index contributed by atoms with van der Waals surface area (Å²) in [6, 6.07) is 7.57. The van der Waals surface area contributed by atoms with Crippen LogP contribution in [-0.4, -0.2) is 11.1 Å². The van der Waals surface area contributed by atoms with Gasteiger partial charge in [0.15, 0.2) is 12.7 Å². The van der Waals surface area contributed by atoms with Gasteiger partial charge in [-0.1, -0.05) is 91.0 Å². The molecule has 0 atom stereocenters. The Kier molecular flexibility index (Phi) is 16.4. The molecule has 1 aromatic heterocycles. The number of hydrogen-bond donors (Lipinski definition) is 0. The van der Waals surface area contributed by atoms with Gasteiger partial charge in [0.05, 0.1) is 50.7 Å². The molecule has 0 aliphatic carbocycles. The first-order valence-electron chi connectivity index (χ1n) is 22.0. The largest absolute Gasteiger partial charge is 0.434 e. The van der Waals surface area contributed by atoms with Crippen molar-refractivity contribution >= 4 is 28.0 Å². The predicted molar refractivity (Wildman–Crippen MR) is 236 cm³/mol. The van der Waals surface area contributed by atoms with Crippen LogP contribution in [0.2, 0.25) is 0 Å². The van der Waals surface area contributed by atoms with Crippen LogP contribution < -0.4 is 31.2 Å². The van der Waals surface area contributed by atoms with Gasteiger partial charge in [0.2, 0.25) is 6.20 Å². The Bertz CT molecular complexity index is 2880. The van der Waals surface area contributed by atoms with E-state index in [1.807, 2.05) is 42.7 Å². The van der Waals surface area contributed by atoms with E-state index in [0.717, 1.165) is 17.9 Å². The first-order valence-corrected chi connectivity index (χ1v) is 22.0. The quantitative estimate of drug-likeness (QED) is 0.0861. The zero-order valence-corrected chi connectivity index (χ0v) is 39.4. The number of hydrogen-bond acceptors (Lipinski definition) is 2. The number of rotatable bonds is 8. The monoisotopic (exact) mass is 1150 g/mol. The molecule has 0 bridgehead atoms. The van der Waals surface area contributed by atoms with Crippen LogP contribution in [0.1, 0.15) is 61.2 Å². The lowest BCUT2D eigenvalue weighted by molar-refractivity contribution is -0.689. The molecule has 28 heteroatoms. The van der Waals surface area contributed by atoms with Gasteiger partial charge in [0.25, 0.3) is 5.88 Å². The number of alkyl halides is 24. The average Bonchev–Trinajstić information content (AvgIpc) is 3.32. The lowest BCUT2D eigenvalue weighted by atomic mass is 9.12. The highest BCUT2D eigenvalue weighted by Crippen LogP contribution is 2.41. The van der Waals surface area contributed by atoms with Gasteiger partial charge in [0.1, 0.15) is 11.9 Å². The van der Waals surface area contributed by atoms with Gasteiger partial charge in [0, 0.05) is 5.56 Å². The van der Waals surface area contributed by atoms with E-state index < -0.39 is 195 Å². The highest BCUT2D eigenvalue weighted by molar-refractivity contribution is 7.20. The Morgan fingerprint density at radius 1 is 0.392 bits per heavy atom. The highest BCUT2D eigenvalue weighted by atomic mass is 19.4. The van der Waals surface area contributed by atoms with Crippen molar-refractivity contribution in [3.05, 3.63) is 201 Å². The standard InChI is InChI=1S/C32H12BF24.C19H19N2O/c34-25(35,36)13-1-14(26(37,38)39)6-21(5-13)33(22-7-15(27(40,41)42)2-16(8-22)28(43,44)45,23-9-17(29(46,47)48)3-18(10-23)30(49,50)51)24-11-19(31(52,53)54)4-20(12-24)32(55,56)57;1-15-7-6-10-18(16(15)2)22-19-14-21(12-11-20-19)13-17-8-4-3-5-9-17/h1-12H;3-12,14H,13H2,1-2H3/q-1;+1. The number of aromatic nitrogens is 2. The van der Waals surface area contributed by atoms with Gasteiger partial charge in [-0.2, -0.15) is 132 Å². The number of ether oxygens (including phenoxy) is 1. The second-order valence-corrected chi connectivity index (χ2v) is 17.6. The molecule has 6 aromatic carbocycles. The third-order valence-electron chi connectivity index (χ3n) is 12.2. The fourth-order valence-corrected chi connectivity index (χ4v) is 8.37. The molecule has 7 rings (SSSR count). The van der Waals surface area contributed by atoms with E-state index in [-0.39, 0.29) is 0 Å². The molecule has 0 amide bonds. The van der Waals surface area contributed by atoms with Crippen LogP contribution in [0.25, 0.3) is 0 Å². The maximum absolute atomic E-state index is 14.2. The highest BCUT2D eigenvalue weighted by Gasteiger charge is 2.47. The fraction of sp³-hybridized carbons (Fsp3) is 0.216. The molecule has 7 aromatic rings. The van der Waals surface area contributed by atoms with Crippen molar-refractivity contribution in [1.82, 2.24) is 4.98 Å². The summed E-state index contributed by atoms with van der Waals surface area (Å²) in [5.74, 6) is 1.46. The summed E-state index contributed by atoms with van der Waals surface area (Å²) in [5.41, 5.74) is -26.6. The van der Waals surface area contributed by atoms with Crippen molar-refractivity contribution in [3.8, 4) is 11.6 Å². The second kappa shape index (κ2) is 21.3. The van der Waals surface area contributed by atoms with Crippen LogP contribution in [0.4, 0.5) is 105 Å². The summed E-state index contributed by atoms with van der Waals surface area (Å²) in [7, 11) is 0. The van der Waals surface area contributed by atoms with Crippen LogP contribution in [0.3, 0.4) is 0 Å². The molecule has 0 radical (unpaired) electrons. The van der Waals surface area contributed by atoms with Crippen LogP contribution >= 0.6 is 0 Å². The van der Waals surface area contributed by atoms with E-state index in [9.17, 15) is 105 Å². The molecule has 79 heavy (non-hydrogen) atoms. The normalized spacial score (nSPS) is 13.2. The van der Waals surface area contributed by atoms with E-state index in [2.05, 4.69) is 41.6 Å². The summed E-state index contributed by atoms with van der Waals surface area (Å²) < 4.78 is 349. The summed E-state index contributed by atoms with van der Waals surface area (Å²) in [5, 5.41) is 0. The van der Waals surface area contributed by atoms with E-state index in [0.29, 0.717) is 5.88 Å². The maximum Gasteiger partial charge on any atom is 0.416 e. The summed E-state index contributed by atoms with van der Waals surface area (Å²) in [4.78, 5) is 4.30. The lowest BCUT2D eigenvalue weighted by Gasteiger charge is -2.46. The number of benzene rings is 6. The van der Waals surface area contributed by atoms with Crippen LogP contribution in [0.15, 0.2) is 140 Å². The van der Waals surface area contributed by atoms with Crippen molar-refractivity contribution < 1.29 is 115 Å². The first-order chi connectivity index (χ1) is 36.0. The smallest absolute Gasteiger partial charge is 0.416 e. The fourth-order valence-electron chi connectivity index (χ4n) is 8.37. The van der Waals surface area contributed by atoms with Gasteiger partial charge in [-0.25, -0.2) is 4.98 Å². The van der Waals surface area contributed by atoms with E-state index in [1.54, 1.807) is 6.20 Å². The average molecular weight is 1150 g/mol. The zero-order valence-electron chi connectivity index (χ0n) is 39.4. The zero-order chi connectivity index (χ0) is 59.3. The van der Waals surface area contributed by atoms with Crippen molar-refractivity contribution in [2.45, 2.75) is 69.8 Å². The molecule has 0 saturated carbocycles. The Labute approximate surface area is 429 Å². The summed E-state index contributed by atoms with van der Waals surface area (Å²) >= 11 is 0. The van der Waals surface area contributed by atoms with Gasteiger partial charge in [-0.3, -0.25) is 0 Å².